The Labute approximate surface area is 187 Å². The zero-order chi connectivity index (χ0) is 22.2. The maximum atomic E-state index is 12.6. The van der Waals surface area contributed by atoms with Crippen LogP contribution in [0.4, 0.5) is 0 Å². The Hall–Kier alpha value is -3.79. The number of hydrogen-bond donors (Lipinski definition) is 1. The summed E-state index contributed by atoms with van der Waals surface area (Å²) in [6.07, 6.45) is 2.11. The van der Waals surface area contributed by atoms with E-state index in [9.17, 15) is 4.79 Å². The van der Waals surface area contributed by atoms with Crippen molar-refractivity contribution in [1.29, 1.82) is 5.41 Å². The van der Waals surface area contributed by atoms with Gasteiger partial charge >= 0.3 is 0 Å². The van der Waals surface area contributed by atoms with Crippen LogP contribution in [0.1, 0.15) is 11.1 Å². The van der Waals surface area contributed by atoms with E-state index in [0.717, 1.165) is 10.6 Å². The lowest BCUT2D eigenvalue weighted by Crippen LogP contribution is -2.35. The number of amidine groups is 2. The van der Waals surface area contributed by atoms with Gasteiger partial charge in [0.15, 0.2) is 28.8 Å². The number of fused-ring (bicyclic) bond motifs is 2. The molecule has 1 N–H and O–H groups in total. The third kappa shape index (κ3) is 3.58. The molecule has 0 saturated carbocycles. The van der Waals surface area contributed by atoms with E-state index in [4.69, 9.17) is 24.4 Å². The molecule has 0 radical (unpaired) electrons. The van der Waals surface area contributed by atoms with Gasteiger partial charge in [0.05, 0.1) is 19.8 Å². The zero-order valence-electron chi connectivity index (χ0n) is 17.2. The first-order chi connectivity index (χ1) is 15.6. The summed E-state index contributed by atoms with van der Waals surface area (Å²) in [5, 5.41) is 15.5. The molecule has 9 nitrogen and oxygen atoms in total. The van der Waals surface area contributed by atoms with Gasteiger partial charge in [-0.05, 0) is 53.2 Å². The van der Waals surface area contributed by atoms with E-state index in [2.05, 4.69) is 10.1 Å². The number of ether oxygens (including phenoxy) is 4. The quantitative estimate of drug-likeness (QED) is 0.697. The number of rotatable bonds is 5. The molecule has 0 aliphatic carbocycles. The Morgan fingerprint density at radius 2 is 1.94 bits per heavy atom. The molecule has 32 heavy (non-hydrogen) atoms. The molecule has 5 rings (SSSR count). The van der Waals surface area contributed by atoms with Gasteiger partial charge in [-0.25, -0.2) is 0 Å². The van der Waals surface area contributed by atoms with E-state index in [1.54, 1.807) is 38.5 Å². The van der Waals surface area contributed by atoms with Crippen LogP contribution < -0.4 is 18.9 Å². The second-order valence-electron chi connectivity index (χ2n) is 6.99. The number of amides is 1. The van der Waals surface area contributed by atoms with Crippen molar-refractivity contribution in [2.45, 2.75) is 6.42 Å². The monoisotopic (exact) mass is 450 g/mol. The summed E-state index contributed by atoms with van der Waals surface area (Å²) >= 11 is 1.27. The highest BCUT2D eigenvalue weighted by Crippen LogP contribution is 2.35. The van der Waals surface area contributed by atoms with Crippen molar-refractivity contribution < 1.29 is 23.7 Å². The normalized spacial score (nSPS) is 17.9. The topological polar surface area (TPSA) is 106 Å². The molecule has 0 aromatic heterocycles. The average molecular weight is 450 g/mol. The van der Waals surface area contributed by atoms with Crippen molar-refractivity contribution in [2.75, 3.05) is 21.0 Å². The fraction of sp³-hybridized carbons (Fsp3) is 0.182. The lowest BCUT2D eigenvalue weighted by Gasteiger charge is -2.20. The van der Waals surface area contributed by atoms with E-state index in [1.165, 1.54) is 16.8 Å². The Bertz CT molecular complexity index is 1240. The van der Waals surface area contributed by atoms with Crippen molar-refractivity contribution in [3.63, 3.8) is 0 Å². The van der Waals surface area contributed by atoms with Crippen molar-refractivity contribution >= 4 is 39.8 Å². The van der Waals surface area contributed by atoms with Gasteiger partial charge in [0.2, 0.25) is 12.0 Å². The number of carbonyl (C=O) groups excluding carboxylic acids is 1. The maximum absolute atomic E-state index is 12.6. The number of nitrogens with one attached hydrogen (secondary N) is 1. The third-order valence-corrected chi connectivity index (χ3v) is 5.92. The summed E-state index contributed by atoms with van der Waals surface area (Å²) in [7, 11) is 3.17. The molecule has 10 heteroatoms. The predicted molar refractivity (Wildman–Crippen MR) is 121 cm³/mol. The van der Waals surface area contributed by atoms with Crippen molar-refractivity contribution in [3.8, 4) is 23.0 Å². The van der Waals surface area contributed by atoms with Gasteiger partial charge < -0.3 is 18.9 Å². The average Bonchev–Trinajstić information content (AvgIpc) is 3.42. The van der Waals surface area contributed by atoms with Gasteiger partial charge in [0, 0.05) is 6.42 Å². The predicted octanol–water partition coefficient (Wildman–Crippen LogP) is 3.29. The summed E-state index contributed by atoms with van der Waals surface area (Å²) in [5.74, 6) is 2.02. The Morgan fingerprint density at radius 3 is 2.75 bits per heavy atom. The molecule has 0 fully saturated rings. The Balaban J connectivity index is 1.39. The highest BCUT2D eigenvalue weighted by Gasteiger charge is 2.35. The summed E-state index contributed by atoms with van der Waals surface area (Å²) < 4.78 is 21.3. The lowest BCUT2D eigenvalue weighted by atomic mass is 10.1. The number of hydrazone groups is 1. The Kier molecular flexibility index (Phi) is 5.06. The van der Waals surface area contributed by atoms with Crippen LogP contribution in [-0.4, -0.2) is 48.0 Å². The van der Waals surface area contributed by atoms with Crippen LogP contribution in [-0.2, 0) is 11.2 Å². The molecule has 2 aromatic rings. The molecule has 0 atom stereocenters. The van der Waals surface area contributed by atoms with Crippen LogP contribution in [0.25, 0.3) is 6.08 Å². The first-order valence-electron chi connectivity index (χ1n) is 9.65. The second kappa shape index (κ2) is 8.04. The van der Waals surface area contributed by atoms with Crippen molar-refractivity contribution in [3.05, 3.63) is 53.1 Å². The molecule has 0 bridgehead atoms. The van der Waals surface area contributed by atoms with Crippen LogP contribution in [0.15, 0.2) is 52.1 Å². The molecule has 1 amide bonds. The van der Waals surface area contributed by atoms with Gasteiger partial charge in [-0.15, -0.1) is 0 Å². The molecular weight excluding hydrogens is 432 g/mol. The minimum atomic E-state index is -0.478. The summed E-state index contributed by atoms with van der Waals surface area (Å²) in [4.78, 5) is 16.8. The number of aliphatic imine (C=N–C) groups is 1. The fourth-order valence-corrected chi connectivity index (χ4v) is 4.36. The standard InChI is InChI=1S/C22H18N4O5S/c1-28-15-5-3-13(8-17(15)29-2)10-19-25-26-20(23)14(21(27)24-22(26)32-19)7-12-4-6-16-18(9-12)31-11-30-16/h3-9,23H,10-11H2,1-2H3. The molecule has 3 aliphatic rings. The minimum Gasteiger partial charge on any atom is -0.493 e. The van der Waals surface area contributed by atoms with Gasteiger partial charge in [-0.3, -0.25) is 10.2 Å². The van der Waals surface area contributed by atoms with Gasteiger partial charge in [0.1, 0.15) is 5.04 Å². The molecule has 3 aliphatic heterocycles. The number of hydrogen-bond acceptors (Lipinski definition) is 8. The van der Waals surface area contributed by atoms with E-state index >= 15 is 0 Å². The van der Waals surface area contributed by atoms with E-state index in [0.29, 0.717) is 40.1 Å². The van der Waals surface area contributed by atoms with Crippen molar-refractivity contribution in [2.24, 2.45) is 10.1 Å². The zero-order valence-corrected chi connectivity index (χ0v) is 18.1. The third-order valence-electron chi connectivity index (χ3n) is 5.01. The summed E-state index contributed by atoms with van der Waals surface area (Å²) in [5.41, 5.74) is 1.83. The fourth-order valence-electron chi connectivity index (χ4n) is 3.44. The number of methoxy groups -OCH3 is 2. The number of benzene rings is 2. The highest BCUT2D eigenvalue weighted by molar-refractivity contribution is 8.26. The largest absolute Gasteiger partial charge is 0.493 e. The van der Waals surface area contributed by atoms with E-state index < -0.39 is 5.91 Å². The van der Waals surface area contributed by atoms with Gasteiger partial charge in [-0.1, -0.05) is 12.1 Å². The molecule has 0 unspecified atom stereocenters. The molecule has 0 spiro atoms. The number of nitrogens with zero attached hydrogens (tertiary/aromatic N) is 3. The molecule has 162 valence electrons. The number of thioether (sulfide) groups is 1. The van der Waals surface area contributed by atoms with E-state index in [-0.39, 0.29) is 18.2 Å². The lowest BCUT2D eigenvalue weighted by molar-refractivity contribution is -0.114. The smallest absolute Gasteiger partial charge is 0.283 e. The first kappa shape index (κ1) is 20.1. The molecule has 3 heterocycles. The van der Waals surface area contributed by atoms with Gasteiger partial charge in [0.25, 0.3) is 5.91 Å². The molecule has 2 aromatic carbocycles. The van der Waals surface area contributed by atoms with Crippen LogP contribution in [0.5, 0.6) is 23.0 Å². The van der Waals surface area contributed by atoms with Crippen LogP contribution in [0, 0.1) is 5.41 Å². The summed E-state index contributed by atoms with van der Waals surface area (Å²) in [6, 6.07) is 11.0. The van der Waals surface area contributed by atoms with Crippen LogP contribution >= 0.6 is 11.8 Å². The molecule has 0 saturated heterocycles. The Morgan fingerprint density at radius 1 is 1.12 bits per heavy atom. The maximum Gasteiger partial charge on any atom is 0.283 e. The number of carbonyl (C=O) groups is 1. The van der Waals surface area contributed by atoms with Crippen LogP contribution in [0.2, 0.25) is 0 Å². The van der Waals surface area contributed by atoms with Crippen molar-refractivity contribution in [1.82, 2.24) is 5.01 Å². The van der Waals surface area contributed by atoms with Gasteiger partial charge in [-0.2, -0.15) is 15.1 Å². The second-order valence-corrected chi connectivity index (χ2v) is 8.03. The highest BCUT2D eigenvalue weighted by atomic mass is 32.2. The van der Waals surface area contributed by atoms with Crippen LogP contribution in [0.3, 0.4) is 0 Å². The SMILES string of the molecule is COc1ccc(CC2=NN3C(=N)C(=Cc4ccc5c(c4)OCO5)C(=O)N=C3S2)cc1OC. The van der Waals surface area contributed by atoms with E-state index in [1.807, 2.05) is 18.2 Å². The minimum absolute atomic E-state index is 0.0209. The first-order valence-corrected chi connectivity index (χ1v) is 10.5. The molecular formula is C22H18N4O5S. The summed E-state index contributed by atoms with van der Waals surface area (Å²) in [6.45, 7) is 0.167.